The Bertz CT molecular complexity index is 303. The quantitative estimate of drug-likeness (QED) is 0.449. The minimum Gasteiger partial charge on any atom is -1.00 e. The van der Waals surface area contributed by atoms with Gasteiger partial charge in [0.25, 0.3) is 5.91 Å². The number of nitrogens with zero attached hydrogens (tertiary/aromatic N) is 2. The summed E-state index contributed by atoms with van der Waals surface area (Å²) in [7, 11) is 0. The van der Waals surface area contributed by atoms with Crippen LogP contribution in [0.25, 0.3) is 0 Å². The lowest BCUT2D eigenvalue weighted by atomic mass is 10.4. The number of nitrogens with one attached hydrogen (secondary N) is 2. The second-order valence-corrected chi connectivity index (χ2v) is 2.61. The molecule has 0 radical (unpaired) electrons. The second kappa shape index (κ2) is 7.02. The highest BCUT2D eigenvalue weighted by Gasteiger charge is 2.14. The molecule has 0 fully saturated rings. The first-order chi connectivity index (χ1) is 6.75. The standard InChI is InChI=1S/C7H13N5O2.ClH/c1-2-9-3-4-10-7(13)5-6(8)12-14-11-5;/h9H,2-4H2,1H3,(H2,8,12)(H,10,13);1H/p-1. The van der Waals surface area contributed by atoms with Gasteiger partial charge in [0.05, 0.1) is 0 Å². The number of aromatic nitrogens is 2. The van der Waals surface area contributed by atoms with Crippen LogP contribution in [0.1, 0.15) is 17.4 Å². The molecule has 0 bridgehead atoms. The first-order valence-corrected chi connectivity index (χ1v) is 4.32. The van der Waals surface area contributed by atoms with Crippen molar-refractivity contribution in [2.45, 2.75) is 6.92 Å². The molecule has 0 atom stereocenters. The van der Waals surface area contributed by atoms with Crippen molar-refractivity contribution >= 4 is 11.7 Å². The van der Waals surface area contributed by atoms with E-state index in [-0.39, 0.29) is 29.8 Å². The van der Waals surface area contributed by atoms with Gasteiger partial charge < -0.3 is 28.8 Å². The van der Waals surface area contributed by atoms with Gasteiger partial charge in [0.15, 0.2) is 0 Å². The third kappa shape index (κ3) is 4.13. The number of halogens is 1. The molecule has 1 aromatic rings. The lowest BCUT2D eigenvalue weighted by Crippen LogP contribution is -3.00. The molecule has 0 saturated heterocycles. The first kappa shape index (κ1) is 13.7. The number of likely N-dealkylation sites (N-methyl/N-ethyl adjacent to an activating group) is 1. The Kier molecular flexibility index (Phi) is 6.39. The van der Waals surface area contributed by atoms with E-state index in [9.17, 15) is 4.79 Å². The van der Waals surface area contributed by atoms with Crippen molar-refractivity contribution in [3.63, 3.8) is 0 Å². The maximum absolute atomic E-state index is 11.3. The molecule has 0 saturated carbocycles. The molecule has 7 nitrogen and oxygen atoms in total. The van der Waals surface area contributed by atoms with Crippen LogP contribution in [-0.2, 0) is 0 Å². The fourth-order valence-electron chi connectivity index (χ4n) is 0.878. The van der Waals surface area contributed by atoms with Crippen molar-refractivity contribution in [2.75, 3.05) is 25.4 Å². The average Bonchev–Trinajstić information content (AvgIpc) is 2.59. The summed E-state index contributed by atoms with van der Waals surface area (Å²) >= 11 is 0. The molecule has 0 unspecified atom stereocenters. The Morgan fingerprint density at radius 3 is 2.73 bits per heavy atom. The molecule has 0 aliphatic heterocycles. The molecule has 86 valence electrons. The zero-order valence-corrected chi connectivity index (χ0v) is 9.04. The number of carbonyl (C=O) groups is 1. The third-order valence-electron chi connectivity index (χ3n) is 1.57. The van der Waals surface area contributed by atoms with Gasteiger partial charge in [0, 0.05) is 13.1 Å². The topological polar surface area (TPSA) is 106 Å². The Balaban J connectivity index is 0.00000196. The van der Waals surface area contributed by atoms with Gasteiger partial charge in [0.1, 0.15) is 0 Å². The van der Waals surface area contributed by atoms with Gasteiger partial charge in [-0.3, -0.25) is 4.79 Å². The van der Waals surface area contributed by atoms with E-state index in [2.05, 4.69) is 25.6 Å². The third-order valence-corrected chi connectivity index (χ3v) is 1.57. The molecule has 1 amide bonds. The molecule has 1 heterocycles. The molecule has 0 aliphatic carbocycles. The van der Waals surface area contributed by atoms with Gasteiger partial charge in [-0.15, -0.1) is 0 Å². The normalized spacial score (nSPS) is 9.40. The van der Waals surface area contributed by atoms with Crippen LogP contribution in [0, 0.1) is 0 Å². The van der Waals surface area contributed by atoms with Gasteiger partial charge in [-0.05, 0) is 16.9 Å². The number of hydrogen-bond donors (Lipinski definition) is 3. The van der Waals surface area contributed by atoms with Crippen LogP contribution < -0.4 is 28.8 Å². The van der Waals surface area contributed by atoms with Crippen molar-refractivity contribution in [3.05, 3.63) is 5.69 Å². The molecule has 0 aliphatic rings. The van der Waals surface area contributed by atoms with E-state index in [1.165, 1.54) is 0 Å². The highest BCUT2D eigenvalue weighted by molar-refractivity contribution is 5.95. The maximum atomic E-state index is 11.3. The Morgan fingerprint density at radius 1 is 1.47 bits per heavy atom. The summed E-state index contributed by atoms with van der Waals surface area (Å²) in [5.74, 6) is -0.368. The van der Waals surface area contributed by atoms with E-state index in [1.807, 2.05) is 6.92 Å². The van der Waals surface area contributed by atoms with E-state index in [0.717, 1.165) is 6.54 Å². The summed E-state index contributed by atoms with van der Waals surface area (Å²) in [4.78, 5) is 11.3. The summed E-state index contributed by atoms with van der Waals surface area (Å²) in [5, 5.41) is 12.3. The van der Waals surface area contributed by atoms with Crippen LogP contribution in [-0.4, -0.2) is 35.9 Å². The largest absolute Gasteiger partial charge is 1.00 e. The molecule has 0 spiro atoms. The van der Waals surface area contributed by atoms with E-state index < -0.39 is 0 Å². The SMILES string of the molecule is CCNCCNC(=O)c1nonc1N.[Cl-]. The van der Waals surface area contributed by atoms with Crippen molar-refractivity contribution in [1.29, 1.82) is 0 Å². The van der Waals surface area contributed by atoms with Crippen LogP contribution in [0.2, 0.25) is 0 Å². The molecule has 8 heteroatoms. The highest BCUT2D eigenvalue weighted by Crippen LogP contribution is 2.02. The smallest absolute Gasteiger partial charge is 0.277 e. The van der Waals surface area contributed by atoms with Crippen LogP contribution in [0.3, 0.4) is 0 Å². The van der Waals surface area contributed by atoms with Crippen LogP contribution >= 0.6 is 0 Å². The number of nitrogen functional groups attached to an aromatic ring is 1. The monoisotopic (exact) mass is 234 g/mol. The fourth-order valence-corrected chi connectivity index (χ4v) is 0.878. The Labute approximate surface area is 93.1 Å². The lowest BCUT2D eigenvalue weighted by molar-refractivity contribution is -0.0000120. The zero-order valence-electron chi connectivity index (χ0n) is 8.29. The molecule has 0 aromatic carbocycles. The Morgan fingerprint density at radius 2 is 2.20 bits per heavy atom. The number of nitrogens with two attached hydrogens (primary N) is 1. The maximum Gasteiger partial charge on any atom is 0.277 e. The van der Waals surface area contributed by atoms with Crippen molar-refractivity contribution < 1.29 is 21.8 Å². The van der Waals surface area contributed by atoms with Crippen molar-refractivity contribution in [2.24, 2.45) is 0 Å². The molecule has 1 aromatic heterocycles. The number of amides is 1. The number of carbonyl (C=O) groups excluding carboxylic acids is 1. The van der Waals surface area contributed by atoms with Crippen molar-refractivity contribution in [3.8, 4) is 0 Å². The van der Waals surface area contributed by atoms with Gasteiger partial charge in [-0.2, -0.15) is 0 Å². The minimum absolute atomic E-state index is 0. The summed E-state index contributed by atoms with van der Waals surface area (Å²) in [5.41, 5.74) is 5.36. The number of rotatable bonds is 5. The van der Waals surface area contributed by atoms with E-state index in [4.69, 9.17) is 5.73 Å². The minimum atomic E-state index is -0.373. The van der Waals surface area contributed by atoms with Crippen molar-refractivity contribution in [1.82, 2.24) is 20.9 Å². The second-order valence-electron chi connectivity index (χ2n) is 2.61. The molecular weight excluding hydrogens is 222 g/mol. The van der Waals surface area contributed by atoms with Crippen LogP contribution in [0.4, 0.5) is 5.82 Å². The molecule has 4 N–H and O–H groups in total. The summed E-state index contributed by atoms with van der Waals surface area (Å²) in [6, 6.07) is 0. The van der Waals surface area contributed by atoms with Crippen LogP contribution in [0.15, 0.2) is 4.63 Å². The van der Waals surface area contributed by atoms with Gasteiger partial charge in [-0.1, -0.05) is 6.92 Å². The predicted octanol–water partition coefficient (Wildman–Crippen LogP) is -4.00. The lowest BCUT2D eigenvalue weighted by Gasteiger charge is -2.02. The fraction of sp³-hybridized carbons (Fsp3) is 0.571. The molecule has 15 heavy (non-hydrogen) atoms. The van der Waals surface area contributed by atoms with E-state index in [0.29, 0.717) is 13.1 Å². The summed E-state index contributed by atoms with van der Waals surface area (Å²) in [6.07, 6.45) is 0. The summed E-state index contributed by atoms with van der Waals surface area (Å²) < 4.78 is 4.29. The highest BCUT2D eigenvalue weighted by atomic mass is 35.5. The van der Waals surface area contributed by atoms with Gasteiger partial charge >= 0.3 is 0 Å². The Hall–Kier alpha value is -1.34. The van der Waals surface area contributed by atoms with E-state index >= 15 is 0 Å². The van der Waals surface area contributed by atoms with Gasteiger partial charge in [0.2, 0.25) is 11.5 Å². The van der Waals surface area contributed by atoms with E-state index in [1.54, 1.807) is 0 Å². The van der Waals surface area contributed by atoms with Gasteiger partial charge in [-0.25, -0.2) is 4.63 Å². The zero-order chi connectivity index (χ0) is 10.4. The average molecular weight is 235 g/mol. The number of hydrogen-bond acceptors (Lipinski definition) is 6. The molecular formula is C7H13ClN5O2-. The van der Waals surface area contributed by atoms with Crippen LogP contribution in [0.5, 0.6) is 0 Å². The first-order valence-electron chi connectivity index (χ1n) is 4.32. The predicted molar refractivity (Wildman–Crippen MR) is 49.6 cm³/mol. The summed E-state index contributed by atoms with van der Waals surface area (Å²) in [6.45, 7) is 4.07. The molecule has 1 rings (SSSR count). The number of anilines is 1.